The van der Waals surface area contributed by atoms with Crippen molar-refractivity contribution < 1.29 is 28.9 Å². The van der Waals surface area contributed by atoms with Crippen LogP contribution in [-0.2, 0) is 11.2 Å². The van der Waals surface area contributed by atoms with Crippen LogP contribution in [0.2, 0.25) is 0 Å². The van der Waals surface area contributed by atoms with Crippen LogP contribution in [0.5, 0.6) is 17.2 Å². The topological polar surface area (TPSA) is 87.0 Å². The van der Waals surface area contributed by atoms with Crippen molar-refractivity contribution >= 4 is 22.8 Å². The molecule has 0 unspecified atom stereocenters. The maximum absolute atomic E-state index is 13.2. The molecule has 1 aliphatic rings. The Hall–Kier alpha value is -3.48. The van der Waals surface area contributed by atoms with Gasteiger partial charge < -0.3 is 19.3 Å². The van der Waals surface area contributed by atoms with Gasteiger partial charge in [-0.05, 0) is 42.8 Å². The van der Waals surface area contributed by atoms with E-state index in [0.29, 0.717) is 45.0 Å². The number of aliphatic carboxylic acids is 1. The van der Waals surface area contributed by atoms with Crippen LogP contribution in [0.1, 0.15) is 21.6 Å². The Labute approximate surface area is 154 Å². The first-order valence-corrected chi connectivity index (χ1v) is 8.33. The summed E-state index contributed by atoms with van der Waals surface area (Å²) in [5.74, 6) is 0.506. The summed E-state index contributed by atoms with van der Waals surface area (Å²) in [5.41, 5.74) is 2.22. The second-order valence-corrected chi connectivity index (χ2v) is 6.23. The van der Waals surface area contributed by atoms with Crippen molar-refractivity contribution in [2.24, 2.45) is 0 Å². The minimum Gasteiger partial charge on any atom is -0.497 e. The van der Waals surface area contributed by atoms with Crippen molar-refractivity contribution in [1.82, 2.24) is 4.57 Å². The third-order valence-electron chi connectivity index (χ3n) is 4.70. The maximum Gasteiger partial charge on any atom is 0.307 e. The van der Waals surface area contributed by atoms with Crippen molar-refractivity contribution in [3.63, 3.8) is 0 Å². The number of hydrogen-bond donors (Lipinski definition) is 1. The molecule has 4 rings (SSSR count). The molecule has 2 aromatic carbocycles. The zero-order chi connectivity index (χ0) is 19.1. The number of carbonyl (C=O) groups is 2. The number of benzene rings is 2. The van der Waals surface area contributed by atoms with Gasteiger partial charge in [-0.15, -0.1) is 0 Å². The summed E-state index contributed by atoms with van der Waals surface area (Å²) in [6.45, 7) is 1.84. The highest BCUT2D eigenvalue weighted by molar-refractivity contribution is 6.05. The number of fused-ring (bicyclic) bond motifs is 2. The van der Waals surface area contributed by atoms with Crippen LogP contribution in [0, 0.1) is 6.92 Å². The van der Waals surface area contributed by atoms with Crippen LogP contribution in [0.15, 0.2) is 36.4 Å². The molecule has 0 saturated carbocycles. The molecule has 0 amide bonds. The Bertz CT molecular complexity index is 1060. The van der Waals surface area contributed by atoms with E-state index in [2.05, 4.69) is 0 Å². The number of carbonyl (C=O) groups excluding carboxylic acids is 1. The largest absolute Gasteiger partial charge is 0.497 e. The van der Waals surface area contributed by atoms with E-state index in [0.717, 1.165) is 0 Å². The van der Waals surface area contributed by atoms with Gasteiger partial charge in [-0.2, -0.15) is 0 Å². The van der Waals surface area contributed by atoms with Gasteiger partial charge in [0, 0.05) is 22.7 Å². The van der Waals surface area contributed by atoms with Gasteiger partial charge in [0.25, 0.3) is 5.91 Å². The monoisotopic (exact) mass is 367 g/mol. The zero-order valence-electron chi connectivity index (χ0n) is 14.8. The standard InChI is InChI=1S/C20H17NO6/c1-11-14(8-19(22)23)15-7-17-18(27-10-26-17)9-16(15)21(11)20(24)12-3-5-13(25-2)6-4-12/h3-7,9H,8,10H2,1-2H3,(H,22,23). The minimum atomic E-state index is -0.966. The molecule has 7 heteroatoms. The molecular weight excluding hydrogens is 350 g/mol. The highest BCUT2D eigenvalue weighted by Crippen LogP contribution is 2.39. The SMILES string of the molecule is COc1ccc(C(=O)n2c(C)c(CC(=O)O)c3cc4c(cc32)OCO4)cc1. The first-order chi connectivity index (χ1) is 13.0. The first kappa shape index (κ1) is 17.0. The summed E-state index contributed by atoms with van der Waals surface area (Å²) < 4.78 is 17.5. The van der Waals surface area contributed by atoms with Crippen LogP contribution in [0.25, 0.3) is 10.9 Å². The summed E-state index contributed by atoms with van der Waals surface area (Å²) in [6.07, 6.45) is -0.190. The normalized spacial score (nSPS) is 12.4. The fraction of sp³-hybridized carbons (Fsp3) is 0.200. The fourth-order valence-electron chi connectivity index (χ4n) is 3.37. The van der Waals surface area contributed by atoms with E-state index >= 15 is 0 Å². The van der Waals surface area contributed by atoms with Crippen LogP contribution < -0.4 is 14.2 Å². The van der Waals surface area contributed by atoms with E-state index in [4.69, 9.17) is 14.2 Å². The van der Waals surface area contributed by atoms with Gasteiger partial charge in [-0.1, -0.05) is 0 Å². The van der Waals surface area contributed by atoms with Crippen LogP contribution in [0.4, 0.5) is 0 Å². The van der Waals surface area contributed by atoms with Crippen molar-refractivity contribution in [3.8, 4) is 17.2 Å². The summed E-state index contributed by atoms with van der Waals surface area (Å²) >= 11 is 0. The second-order valence-electron chi connectivity index (χ2n) is 6.23. The van der Waals surface area contributed by atoms with Crippen LogP contribution in [-0.4, -0.2) is 35.5 Å². The number of nitrogens with zero attached hydrogens (tertiary/aromatic N) is 1. The fourth-order valence-corrected chi connectivity index (χ4v) is 3.37. The molecule has 0 atom stereocenters. The predicted molar refractivity (Wildman–Crippen MR) is 96.9 cm³/mol. The van der Waals surface area contributed by atoms with E-state index in [1.54, 1.807) is 50.4 Å². The first-order valence-electron chi connectivity index (χ1n) is 8.33. The van der Waals surface area contributed by atoms with Crippen molar-refractivity contribution in [2.75, 3.05) is 13.9 Å². The average molecular weight is 367 g/mol. The van der Waals surface area contributed by atoms with Crippen molar-refractivity contribution in [1.29, 1.82) is 0 Å². The summed E-state index contributed by atoms with van der Waals surface area (Å²) in [6, 6.07) is 10.2. The van der Waals surface area contributed by atoms with E-state index in [1.165, 1.54) is 4.57 Å². The highest BCUT2D eigenvalue weighted by Gasteiger charge is 2.25. The number of ether oxygens (including phenoxy) is 3. The molecule has 0 fully saturated rings. The second kappa shape index (κ2) is 6.35. The lowest BCUT2D eigenvalue weighted by Gasteiger charge is -2.08. The highest BCUT2D eigenvalue weighted by atomic mass is 16.7. The van der Waals surface area contributed by atoms with Crippen molar-refractivity contribution in [3.05, 3.63) is 53.2 Å². The number of carboxylic acids is 1. The molecule has 27 heavy (non-hydrogen) atoms. The average Bonchev–Trinajstić information content (AvgIpc) is 3.22. The van der Waals surface area contributed by atoms with Crippen LogP contribution >= 0.6 is 0 Å². The molecule has 1 aliphatic heterocycles. The number of hydrogen-bond acceptors (Lipinski definition) is 5. The van der Waals surface area contributed by atoms with Crippen molar-refractivity contribution in [2.45, 2.75) is 13.3 Å². The van der Waals surface area contributed by atoms with Crippen LogP contribution in [0.3, 0.4) is 0 Å². The Morgan fingerprint density at radius 2 is 1.81 bits per heavy atom. The van der Waals surface area contributed by atoms with Gasteiger partial charge in [0.2, 0.25) is 6.79 Å². The molecule has 0 radical (unpaired) electrons. The smallest absolute Gasteiger partial charge is 0.307 e. The number of methoxy groups -OCH3 is 1. The summed E-state index contributed by atoms with van der Waals surface area (Å²) in [7, 11) is 1.56. The molecule has 0 aliphatic carbocycles. The lowest BCUT2D eigenvalue weighted by atomic mass is 10.1. The summed E-state index contributed by atoms with van der Waals surface area (Å²) in [5, 5.41) is 9.97. The maximum atomic E-state index is 13.2. The van der Waals surface area contributed by atoms with E-state index < -0.39 is 5.97 Å². The van der Waals surface area contributed by atoms with Gasteiger partial charge in [-0.3, -0.25) is 14.2 Å². The molecule has 0 saturated heterocycles. The van der Waals surface area contributed by atoms with Gasteiger partial charge in [-0.25, -0.2) is 0 Å². The van der Waals surface area contributed by atoms with Gasteiger partial charge >= 0.3 is 5.97 Å². The Morgan fingerprint density at radius 1 is 1.15 bits per heavy atom. The Balaban J connectivity index is 1.91. The molecule has 0 bridgehead atoms. The minimum absolute atomic E-state index is 0.0988. The van der Waals surface area contributed by atoms with E-state index in [9.17, 15) is 14.7 Å². The molecule has 2 heterocycles. The number of aromatic nitrogens is 1. The zero-order valence-corrected chi connectivity index (χ0v) is 14.8. The molecule has 7 nitrogen and oxygen atoms in total. The Morgan fingerprint density at radius 3 is 2.44 bits per heavy atom. The van der Waals surface area contributed by atoms with Gasteiger partial charge in [0.15, 0.2) is 11.5 Å². The quantitative estimate of drug-likeness (QED) is 0.763. The molecule has 0 spiro atoms. The number of carboxylic acid groups (broad SMARTS) is 1. The molecular formula is C20H17NO6. The third-order valence-corrected chi connectivity index (χ3v) is 4.70. The molecule has 3 aromatic rings. The summed E-state index contributed by atoms with van der Waals surface area (Å²) in [4.78, 5) is 24.5. The van der Waals surface area contributed by atoms with Gasteiger partial charge in [0.05, 0.1) is 19.0 Å². The lowest BCUT2D eigenvalue weighted by molar-refractivity contribution is -0.136. The third kappa shape index (κ3) is 2.77. The number of rotatable bonds is 4. The van der Waals surface area contributed by atoms with E-state index in [-0.39, 0.29) is 19.1 Å². The van der Waals surface area contributed by atoms with E-state index in [1.807, 2.05) is 0 Å². The Kier molecular flexibility index (Phi) is 3.99. The predicted octanol–water partition coefficient (Wildman–Crippen LogP) is 3.00. The lowest BCUT2D eigenvalue weighted by Crippen LogP contribution is -2.14. The molecule has 138 valence electrons. The molecule has 1 aromatic heterocycles. The van der Waals surface area contributed by atoms with Gasteiger partial charge in [0.1, 0.15) is 5.75 Å². The molecule has 1 N–H and O–H groups in total.